The first-order valence-electron chi connectivity index (χ1n) is 2.11. The largest absolute Gasteiger partial charge is 0.251 e. The van der Waals surface area contributed by atoms with Crippen molar-refractivity contribution in [2.45, 2.75) is 16.6 Å². The minimum absolute atomic E-state index is 0.215. The van der Waals surface area contributed by atoms with E-state index in [0.29, 0.717) is 6.42 Å². The van der Waals surface area contributed by atoms with E-state index in [1.165, 1.54) is 0 Å². The molecule has 0 aliphatic heterocycles. The third-order valence-corrected chi connectivity index (χ3v) is 1.47. The van der Waals surface area contributed by atoms with Gasteiger partial charge >= 0.3 is 0 Å². The molecule has 0 rings (SSSR count). The standard InChI is InChI=1S/C4H7Br2F/c5-4(6)2-1-3-7/h4H,1-3H2. The fourth-order valence-corrected chi connectivity index (χ4v) is 0.879. The maximum Gasteiger partial charge on any atom is 0.0895 e. The predicted octanol–water partition coefficient (Wildman–Crippen LogP) is 2.85. The van der Waals surface area contributed by atoms with E-state index in [1.807, 2.05) is 0 Å². The summed E-state index contributed by atoms with van der Waals surface area (Å²) in [6.07, 6.45) is 1.50. The topological polar surface area (TPSA) is 0 Å². The molecular weight excluding hydrogens is 227 g/mol. The van der Waals surface area contributed by atoms with Gasteiger partial charge in [0.05, 0.1) is 10.4 Å². The van der Waals surface area contributed by atoms with E-state index in [-0.39, 0.29) is 10.4 Å². The molecule has 0 heterocycles. The van der Waals surface area contributed by atoms with Crippen molar-refractivity contribution in [3.05, 3.63) is 0 Å². The van der Waals surface area contributed by atoms with Gasteiger partial charge in [0.1, 0.15) is 0 Å². The monoisotopic (exact) mass is 232 g/mol. The van der Waals surface area contributed by atoms with E-state index in [4.69, 9.17) is 0 Å². The first-order chi connectivity index (χ1) is 3.27. The van der Waals surface area contributed by atoms with Gasteiger partial charge in [0.2, 0.25) is 0 Å². The average Bonchev–Trinajstić information content (AvgIpc) is 1.61. The molecule has 0 saturated heterocycles. The van der Waals surface area contributed by atoms with Crippen LogP contribution in [-0.4, -0.2) is 10.4 Å². The maximum absolute atomic E-state index is 11.3. The van der Waals surface area contributed by atoms with Crippen LogP contribution in [0.3, 0.4) is 0 Å². The number of rotatable bonds is 3. The third-order valence-electron chi connectivity index (χ3n) is 0.556. The zero-order chi connectivity index (χ0) is 5.70. The molecule has 0 aliphatic rings. The summed E-state index contributed by atoms with van der Waals surface area (Å²) in [5, 5.41) is 0. The lowest BCUT2D eigenvalue weighted by atomic mass is 10.4. The van der Waals surface area contributed by atoms with Gasteiger partial charge in [0.15, 0.2) is 0 Å². The van der Waals surface area contributed by atoms with Crippen molar-refractivity contribution < 1.29 is 4.39 Å². The van der Waals surface area contributed by atoms with E-state index in [9.17, 15) is 4.39 Å². The molecular formula is C4H7Br2F. The van der Waals surface area contributed by atoms with Crippen LogP contribution in [0.25, 0.3) is 0 Å². The summed E-state index contributed by atoms with van der Waals surface area (Å²) in [5.41, 5.74) is 0. The number of halogens is 3. The zero-order valence-electron chi connectivity index (χ0n) is 3.83. The lowest BCUT2D eigenvalue weighted by Crippen LogP contribution is -1.84. The van der Waals surface area contributed by atoms with Gasteiger partial charge in [0, 0.05) is 0 Å². The van der Waals surface area contributed by atoms with Crippen LogP contribution in [0, 0.1) is 0 Å². The molecule has 7 heavy (non-hydrogen) atoms. The first kappa shape index (κ1) is 7.89. The Hall–Kier alpha value is 0.890. The normalized spacial score (nSPS) is 10.3. The summed E-state index contributed by atoms with van der Waals surface area (Å²) < 4.78 is 11.6. The second kappa shape index (κ2) is 5.04. The molecule has 0 aromatic carbocycles. The molecule has 0 bridgehead atoms. The first-order valence-corrected chi connectivity index (χ1v) is 3.94. The van der Waals surface area contributed by atoms with Gasteiger partial charge < -0.3 is 0 Å². The second-order valence-electron chi connectivity index (χ2n) is 1.22. The Morgan fingerprint density at radius 2 is 2.00 bits per heavy atom. The Bertz CT molecular complexity index is 38.7. The van der Waals surface area contributed by atoms with Gasteiger partial charge in [-0.3, -0.25) is 4.39 Å². The van der Waals surface area contributed by atoms with Crippen LogP contribution >= 0.6 is 31.9 Å². The number of alkyl halides is 3. The molecule has 0 fully saturated rings. The molecule has 0 aliphatic carbocycles. The Balaban J connectivity index is 2.68. The summed E-state index contributed by atoms with van der Waals surface area (Å²) in [7, 11) is 0. The Morgan fingerprint density at radius 3 is 2.14 bits per heavy atom. The lowest BCUT2D eigenvalue weighted by molar-refractivity contribution is 0.469. The van der Waals surface area contributed by atoms with Crippen LogP contribution in [0.1, 0.15) is 12.8 Å². The van der Waals surface area contributed by atoms with Crippen LogP contribution in [0.15, 0.2) is 0 Å². The quantitative estimate of drug-likeness (QED) is 0.658. The molecule has 0 aromatic rings. The molecule has 0 nitrogen and oxygen atoms in total. The van der Waals surface area contributed by atoms with Crippen molar-refractivity contribution in [3.8, 4) is 0 Å². The second-order valence-corrected chi connectivity index (χ2v) is 4.66. The molecule has 0 radical (unpaired) electrons. The maximum atomic E-state index is 11.3. The molecule has 0 saturated carbocycles. The van der Waals surface area contributed by atoms with E-state index in [2.05, 4.69) is 31.9 Å². The highest BCUT2D eigenvalue weighted by atomic mass is 79.9. The summed E-state index contributed by atoms with van der Waals surface area (Å²) in [6, 6.07) is 0. The summed E-state index contributed by atoms with van der Waals surface area (Å²) in [5.74, 6) is 0. The van der Waals surface area contributed by atoms with Crippen LogP contribution in [0.4, 0.5) is 4.39 Å². The van der Waals surface area contributed by atoms with E-state index in [1.54, 1.807) is 0 Å². The van der Waals surface area contributed by atoms with Crippen molar-refractivity contribution >= 4 is 31.9 Å². The average molecular weight is 234 g/mol. The summed E-state index contributed by atoms with van der Waals surface area (Å²) >= 11 is 6.45. The minimum Gasteiger partial charge on any atom is -0.251 e. The fraction of sp³-hybridized carbons (Fsp3) is 1.00. The molecule has 0 unspecified atom stereocenters. The van der Waals surface area contributed by atoms with Crippen LogP contribution < -0.4 is 0 Å². The highest BCUT2D eigenvalue weighted by molar-refractivity contribution is 9.24. The predicted molar refractivity (Wildman–Crippen MR) is 36.9 cm³/mol. The highest BCUT2D eigenvalue weighted by Crippen LogP contribution is 2.13. The van der Waals surface area contributed by atoms with Crippen LogP contribution in [0.2, 0.25) is 0 Å². The van der Waals surface area contributed by atoms with Crippen molar-refractivity contribution in [1.29, 1.82) is 0 Å². The smallest absolute Gasteiger partial charge is 0.0895 e. The summed E-state index contributed by atoms with van der Waals surface area (Å²) in [6.45, 7) is -0.215. The van der Waals surface area contributed by atoms with Crippen molar-refractivity contribution in [1.82, 2.24) is 0 Å². The molecule has 0 aromatic heterocycles. The lowest BCUT2D eigenvalue weighted by Gasteiger charge is -1.93. The van der Waals surface area contributed by atoms with Gasteiger partial charge in [-0.25, -0.2) is 0 Å². The minimum atomic E-state index is -0.215. The molecule has 0 spiro atoms. The van der Waals surface area contributed by atoms with Crippen molar-refractivity contribution in [2.75, 3.05) is 6.67 Å². The fourth-order valence-electron chi connectivity index (χ4n) is 0.231. The SMILES string of the molecule is FCCCC(Br)Br. The van der Waals surface area contributed by atoms with E-state index in [0.717, 1.165) is 6.42 Å². The van der Waals surface area contributed by atoms with Crippen LogP contribution in [-0.2, 0) is 0 Å². The van der Waals surface area contributed by atoms with Gasteiger partial charge in [-0.05, 0) is 12.8 Å². The molecule has 3 heteroatoms. The molecule has 0 N–H and O–H groups in total. The third kappa shape index (κ3) is 6.89. The van der Waals surface area contributed by atoms with Crippen LogP contribution in [0.5, 0.6) is 0 Å². The number of hydrogen-bond donors (Lipinski definition) is 0. The van der Waals surface area contributed by atoms with E-state index >= 15 is 0 Å². The van der Waals surface area contributed by atoms with Gasteiger partial charge in [-0.15, -0.1) is 0 Å². The van der Waals surface area contributed by atoms with Crippen molar-refractivity contribution in [2.24, 2.45) is 0 Å². The van der Waals surface area contributed by atoms with Gasteiger partial charge in [0.25, 0.3) is 0 Å². The van der Waals surface area contributed by atoms with Gasteiger partial charge in [-0.2, -0.15) is 0 Å². The van der Waals surface area contributed by atoms with Gasteiger partial charge in [-0.1, -0.05) is 31.9 Å². The Morgan fingerprint density at radius 1 is 1.43 bits per heavy atom. The summed E-state index contributed by atoms with van der Waals surface area (Å²) in [4.78, 5) is 0. The molecule has 44 valence electrons. The van der Waals surface area contributed by atoms with Crippen molar-refractivity contribution in [3.63, 3.8) is 0 Å². The number of hydrogen-bond acceptors (Lipinski definition) is 0. The highest BCUT2D eigenvalue weighted by Gasteiger charge is 1.94. The molecule has 0 atom stereocenters. The Kier molecular flexibility index (Phi) is 5.68. The van der Waals surface area contributed by atoms with E-state index < -0.39 is 0 Å². The zero-order valence-corrected chi connectivity index (χ0v) is 7.00. The Labute approximate surface area is 59.7 Å². The molecule has 0 amide bonds.